The lowest BCUT2D eigenvalue weighted by molar-refractivity contribution is 0.296. The Hall–Kier alpha value is -1.06. The Bertz CT molecular complexity index is 368. The smallest absolute Gasteiger partial charge is 0.0388 e. The Kier molecular flexibility index (Phi) is 5.67. The number of benzene rings is 1. The summed E-state index contributed by atoms with van der Waals surface area (Å²) in [6.07, 6.45) is 2.54. The molecule has 1 aliphatic rings. The average molecular weight is 261 g/mol. The van der Waals surface area contributed by atoms with Gasteiger partial charge in [-0.3, -0.25) is 4.90 Å². The largest absolute Gasteiger partial charge is 0.381 e. The summed E-state index contributed by atoms with van der Waals surface area (Å²) in [5, 5.41) is 7.18. The number of hydrogen-bond donors (Lipinski definition) is 2. The molecule has 1 aromatic carbocycles. The predicted molar refractivity (Wildman–Crippen MR) is 82.6 cm³/mol. The second-order valence-electron chi connectivity index (χ2n) is 5.31. The van der Waals surface area contributed by atoms with Gasteiger partial charge in [-0.25, -0.2) is 0 Å². The molecule has 0 amide bonds. The van der Waals surface area contributed by atoms with Gasteiger partial charge >= 0.3 is 0 Å². The van der Waals surface area contributed by atoms with Crippen LogP contribution in [0.5, 0.6) is 0 Å². The van der Waals surface area contributed by atoms with Crippen molar-refractivity contribution in [3.8, 4) is 0 Å². The summed E-state index contributed by atoms with van der Waals surface area (Å²) in [4.78, 5) is 2.46. The van der Waals surface area contributed by atoms with Crippen LogP contribution in [0.3, 0.4) is 0 Å². The average Bonchev–Trinajstić information content (AvgIpc) is 2.47. The van der Waals surface area contributed by atoms with Crippen molar-refractivity contribution in [2.24, 2.45) is 0 Å². The van der Waals surface area contributed by atoms with Crippen LogP contribution in [0.1, 0.15) is 32.3 Å². The predicted octanol–water partition coefficient (Wildman–Crippen LogP) is 2.69. The quantitative estimate of drug-likeness (QED) is 0.824. The molecule has 19 heavy (non-hydrogen) atoms. The number of nitrogens with one attached hydrogen (secondary N) is 2. The van der Waals surface area contributed by atoms with Crippen LogP contribution in [0.25, 0.3) is 0 Å². The van der Waals surface area contributed by atoms with E-state index in [4.69, 9.17) is 0 Å². The second kappa shape index (κ2) is 7.51. The normalized spacial score (nSPS) is 19.6. The minimum Gasteiger partial charge on any atom is -0.381 e. The molecule has 0 bridgehead atoms. The summed E-state index contributed by atoms with van der Waals surface area (Å²) in [5.74, 6) is 0. The van der Waals surface area contributed by atoms with Crippen LogP contribution in [0.4, 0.5) is 5.69 Å². The van der Waals surface area contributed by atoms with Crippen LogP contribution in [0, 0.1) is 0 Å². The van der Waals surface area contributed by atoms with Crippen molar-refractivity contribution < 1.29 is 0 Å². The molecule has 0 radical (unpaired) electrons. The van der Waals surface area contributed by atoms with Gasteiger partial charge in [-0.05, 0) is 44.1 Å². The monoisotopic (exact) mass is 261 g/mol. The van der Waals surface area contributed by atoms with Gasteiger partial charge in [-0.2, -0.15) is 0 Å². The molecule has 1 unspecified atom stereocenters. The Morgan fingerprint density at radius 3 is 2.74 bits per heavy atom. The molecule has 106 valence electrons. The highest BCUT2D eigenvalue weighted by molar-refractivity contribution is 5.51. The van der Waals surface area contributed by atoms with Crippen LogP contribution in [0.2, 0.25) is 0 Å². The number of piperidine rings is 1. The third-order valence-corrected chi connectivity index (χ3v) is 3.96. The van der Waals surface area contributed by atoms with E-state index in [1.165, 1.54) is 30.6 Å². The van der Waals surface area contributed by atoms with Gasteiger partial charge in [0.1, 0.15) is 0 Å². The number of rotatable bonds is 6. The Balaban J connectivity index is 2.02. The lowest BCUT2D eigenvalue weighted by Gasteiger charge is -2.27. The van der Waals surface area contributed by atoms with Crippen molar-refractivity contribution in [3.05, 3.63) is 29.8 Å². The SMILES string of the molecule is CCN(CC)Cc1ccccc1NC1CCCNC1. The van der Waals surface area contributed by atoms with E-state index in [2.05, 4.69) is 53.6 Å². The van der Waals surface area contributed by atoms with Crippen LogP contribution >= 0.6 is 0 Å². The fourth-order valence-electron chi connectivity index (χ4n) is 2.68. The van der Waals surface area contributed by atoms with Gasteiger partial charge in [0.2, 0.25) is 0 Å². The minimum absolute atomic E-state index is 0.576. The van der Waals surface area contributed by atoms with E-state index in [1.807, 2.05) is 0 Å². The topological polar surface area (TPSA) is 27.3 Å². The van der Waals surface area contributed by atoms with E-state index < -0.39 is 0 Å². The minimum atomic E-state index is 0.576. The van der Waals surface area contributed by atoms with Crippen molar-refractivity contribution in [1.29, 1.82) is 0 Å². The van der Waals surface area contributed by atoms with Gasteiger partial charge in [-0.15, -0.1) is 0 Å². The summed E-state index contributed by atoms with van der Waals surface area (Å²) in [6, 6.07) is 9.31. The number of para-hydroxylation sites is 1. The van der Waals surface area contributed by atoms with Gasteiger partial charge in [0.25, 0.3) is 0 Å². The maximum atomic E-state index is 3.71. The van der Waals surface area contributed by atoms with Gasteiger partial charge in [0.05, 0.1) is 0 Å². The number of nitrogens with zero attached hydrogens (tertiary/aromatic N) is 1. The highest BCUT2D eigenvalue weighted by Gasteiger charge is 2.14. The van der Waals surface area contributed by atoms with Gasteiger partial charge in [-0.1, -0.05) is 32.0 Å². The van der Waals surface area contributed by atoms with Crippen molar-refractivity contribution in [1.82, 2.24) is 10.2 Å². The first-order chi connectivity index (χ1) is 9.33. The third kappa shape index (κ3) is 4.22. The molecular formula is C16H27N3. The van der Waals surface area contributed by atoms with Crippen molar-refractivity contribution in [3.63, 3.8) is 0 Å². The zero-order chi connectivity index (χ0) is 13.5. The molecule has 1 heterocycles. The first kappa shape index (κ1) is 14.4. The van der Waals surface area contributed by atoms with Gasteiger partial charge in [0.15, 0.2) is 0 Å². The van der Waals surface area contributed by atoms with Crippen LogP contribution in [-0.2, 0) is 6.54 Å². The van der Waals surface area contributed by atoms with E-state index in [-0.39, 0.29) is 0 Å². The lowest BCUT2D eigenvalue weighted by atomic mass is 10.1. The zero-order valence-corrected chi connectivity index (χ0v) is 12.3. The van der Waals surface area contributed by atoms with Crippen LogP contribution in [0.15, 0.2) is 24.3 Å². The van der Waals surface area contributed by atoms with E-state index >= 15 is 0 Å². The molecule has 0 aromatic heterocycles. The molecule has 1 atom stereocenters. The summed E-state index contributed by atoms with van der Waals surface area (Å²) >= 11 is 0. The number of hydrogen-bond acceptors (Lipinski definition) is 3. The van der Waals surface area contributed by atoms with E-state index in [9.17, 15) is 0 Å². The molecule has 3 heteroatoms. The van der Waals surface area contributed by atoms with Crippen molar-refractivity contribution in [2.75, 3.05) is 31.5 Å². The molecule has 1 saturated heterocycles. The van der Waals surface area contributed by atoms with Crippen molar-refractivity contribution in [2.45, 2.75) is 39.3 Å². The number of anilines is 1. The van der Waals surface area contributed by atoms with Crippen molar-refractivity contribution >= 4 is 5.69 Å². The molecule has 1 aromatic rings. The van der Waals surface area contributed by atoms with E-state index in [0.717, 1.165) is 26.2 Å². The summed E-state index contributed by atoms with van der Waals surface area (Å²) in [6.45, 7) is 9.95. The molecule has 3 nitrogen and oxygen atoms in total. The third-order valence-electron chi connectivity index (χ3n) is 3.96. The molecule has 2 rings (SSSR count). The second-order valence-corrected chi connectivity index (χ2v) is 5.31. The fraction of sp³-hybridized carbons (Fsp3) is 0.625. The summed E-state index contributed by atoms with van der Waals surface area (Å²) in [5.41, 5.74) is 2.72. The standard InChI is InChI=1S/C16H27N3/c1-3-19(4-2)13-14-8-5-6-10-16(14)18-15-9-7-11-17-12-15/h5-6,8,10,15,17-18H,3-4,7,9,11-13H2,1-2H3. The molecule has 2 N–H and O–H groups in total. The first-order valence-electron chi connectivity index (χ1n) is 7.61. The molecule has 0 spiro atoms. The highest BCUT2D eigenvalue weighted by atomic mass is 15.1. The van der Waals surface area contributed by atoms with E-state index in [0.29, 0.717) is 6.04 Å². The highest BCUT2D eigenvalue weighted by Crippen LogP contribution is 2.19. The molecule has 1 fully saturated rings. The molecular weight excluding hydrogens is 234 g/mol. The molecule has 0 aliphatic carbocycles. The summed E-state index contributed by atoms with van der Waals surface area (Å²) < 4.78 is 0. The van der Waals surface area contributed by atoms with E-state index in [1.54, 1.807) is 0 Å². The lowest BCUT2D eigenvalue weighted by Crippen LogP contribution is -2.38. The molecule has 1 aliphatic heterocycles. The van der Waals surface area contributed by atoms with Crippen LogP contribution in [-0.4, -0.2) is 37.1 Å². The Morgan fingerprint density at radius 2 is 2.05 bits per heavy atom. The first-order valence-corrected chi connectivity index (χ1v) is 7.61. The summed E-state index contributed by atoms with van der Waals surface area (Å²) in [7, 11) is 0. The molecule has 0 saturated carbocycles. The maximum Gasteiger partial charge on any atom is 0.0388 e. The maximum absolute atomic E-state index is 3.71. The van der Waals surface area contributed by atoms with Gasteiger partial charge in [0, 0.05) is 24.8 Å². The van der Waals surface area contributed by atoms with Gasteiger partial charge < -0.3 is 10.6 Å². The Morgan fingerprint density at radius 1 is 1.26 bits per heavy atom. The Labute approximate surface area is 117 Å². The van der Waals surface area contributed by atoms with Crippen LogP contribution < -0.4 is 10.6 Å². The fourth-order valence-corrected chi connectivity index (χ4v) is 2.68. The zero-order valence-electron chi connectivity index (χ0n) is 12.3.